The molecule has 1 saturated heterocycles. The normalized spacial score (nSPS) is 15.2. The highest BCUT2D eigenvalue weighted by Crippen LogP contribution is 2.21. The van der Waals surface area contributed by atoms with E-state index in [1.807, 2.05) is 11.0 Å². The van der Waals surface area contributed by atoms with Gasteiger partial charge in [0.25, 0.3) is 0 Å². The standard InChI is InChI=1S/C17H15F2N5O/c18-13-1-2-14(19)12(9-13)10-22-7-8-23(11-16(22)25)17-15-3-4-21-24(15)6-5-20-17/h1-6,9H,7-8,10-11H2. The number of carbonyl (C=O) groups excluding carboxylic acids is 1. The number of halogens is 2. The largest absolute Gasteiger partial charge is 0.344 e. The van der Waals surface area contributed by atoms with E-state index in [1.165, 1.54) is 4.90 Å². The molecule has 0 bridgehead atoms. The van der Waals surface area contributed by atoms with Crippen molar-refractivity contribution in [2.24, 2.45) is 0 Å². The summed E-state index contributed by atoms with van der Waals surface area (Å²) in [7, 11) is 0. The Morgan fingerprint density at radius 3 is 2.84 bits per heavy atom. The Labute approximate surface area is 142 Å². The third-order valence-electron chi connectivity index (χ3n) is 4.29. The average Bonchev–Trinajstić information content (AvgIpc) is 3.08. The minimum absolute atomic E-state index is 0.0561. The van der Waals surface area contributed by atoms with Crippen LogP contribution in [0.5, 0.6) is 0 Å². The summed E-state index contributed by atoms with van der Waals surface area (Å²) in [6.45, 7) is 1.15. The van der Waals surface area contributed by atoms with Gasteiger partial charge in [-0.2, -0.15) is 5.10 Å². The maximum absolute atomic E-state index is 13.8. The molecule has 1 aromatic carbocycles. The molecular formula is C17H15F2N5O. The lowest BCUT2D eigenvalue weighted by molar-refractivity contribution is -0.131. The van der Waals surface area contributed by atoms with Gasteiger partial charge in [0.2, 0.25) is 5.91 Å². The number of hydrogen-bond donors (Lipinski definition) is 0. The lowest BCUT2D eigenvalue weighted by atomic mass is 10.1. The van der Waals surface area contributed by atoms with E-state index in [9.17, 15) is 13.6 Å². The first-order chi connectivity index (χ1) is 12.1. The highest BCUT2D eigenvalue weighted by molar-refractivity contribution is 5.84. The highest BCUT2D eigenvalue weighted by Gasteiger charge is 2.26. The summed E-state index contributed by atoms with van der Waals surface area (Å²) >= 11 is 0. The van der Waals surface area contributed by atoms with E-state index < -0.39 is 11.6 Å². The second-order valence-electron chi connectivity index (χ2n) is 5.88. The summed E-state index contributed by atoms with van der Waals surface area (Å²) in [6, 6.07) is 5.11. The summed E-state index contributed by atoms with van der Waals surface area (Å²) in [5, 5.41) is 4.16. The van der Waals surface area contributed by atoms with Gasteiger partial charge < -0.3 is 9.80 Å². The van der Waals surface area contributed by atoms with E-state index >= 15 is 0 Å². The third kappa shape index (κ3) is 2.90. The van der Waals surface area contributed by atoms with Crippen LogP contribution in [0.2, 0.25) is 0 Å². The molecule has 8 heteroatoms. The number of hydrogen-bond acceptors (Lipinski definition) is 4. The fraction of sp³-hybridized carbons (Fsp3) is 0.235. The van der Waals surface area contributed by atoms with Crippen molar-refractivity contribution < 1.29 is 13.6 Å². The zero-order chi connectivity index (χ0) is 17.4. The Morgan fingerprint density at radius 1 is 1.12 bits per heavy atom. The van der Waals surface area contributed by atoms with Crippen LogP contribution in [0, 0.1) is 11.6 Å². The molecule has 0 radical (unpaired) electrons. The van der Waals surface area contributed by atoms with Crippen molar-refractivity contribution in [1.29, 1.82) is 0 Å². The number of piperazine rings is 1. The van der Waals surface area contributed by atoms with Crippen LogP contribution in [0.3, 0.4) is 0 Å². The van der Waals surface area contributed by atoms with E-state index in [-0.39, 0.29) is 24.6 Å². The van der Waals surface area contributed by atoms with Gasteiger partial charge in [-0.05, 0) is 24.3 Å². The SMILES string of the molecule is O=C1CN(c2nccn3nccc23)CCN1Cc1cc(F)ccc1F. The molecule has 1 amide bonds. The van der Waals surface area contributed by atoms with Crippen molar-refractivity contribution >= 4 is 17.2 Å². The lowest BCUT2D eigenvalue weighted by Gasteiger charge is -2.35. The fourth-order valence-electron chi connectivity index (χ4n) is 3.01. The fourth-order valence-corrected chi connectivity index (χ4v) is 3.01. The van der Waals surface area contributed by atoms with Crippen molar-refractivity contribution in [2.75, 3.05) is 24.5 Å². The molecule has 0 N–H and O–H groups in total. The molecule has 25 heavy (non-hydrogen) atoms. The van der Waals surface area contributed by atoms with Crippen LogP contribution in [-0.2, 0) is 11.3 Å². The predicted octanol–water partition coefficient (Wildman–Crippen LogP) is 1.86. The first-order valence-electron chi connectivity index (χ1n) is 7.87. The summed E-state index contributed by atoms with van der Waals surface area (Å²) in [6.07, 6.45) is 5.04. The van der Waals surface area contributed by atoms with Crippen LogP contribution in [0.25, 0.3) is 5.52 Å². The lowest BCUT2D eigenvalue weighted by Crippen LogP contribution is -2.50. The van der Waals surface area contributed by atoms with Crippen LogP contribution in [0.1, 0.15) is 5.56 Å². The van der Waals surface area contributed by atoms with Crippen molar-refractivity contribution in [2.45, 2.75) is 6.54 Å². The molecular weight excluding hydrogens is 328 g/mol. The van der Waals surface area contributed by atoms with Gasteiger partial charge in [-0.15, -0.1) is 0 Å². The second-order valence-corrected chi connectivity index (χ2v) is 5.88. The number of fused-ring (bicyclic) bond motifs is 1. The minimum atomic E-state index is -0.515. The highest BCUT2D eigenvalue weighted by atomic mass is 19.1. The average molecular weight is 343 g/mol. The molecule has 2 aromatic heterocycles. The second kappa shape index (κ2) is 6.12. The summed E-state index contributed by atoms with van der Waals surface area (Å²) in [5.41, 5.74) is 0.998. The number of carbonyl (C=O) groups is 1. The van der Waals surface area contributed by atoms with Gasteiger partial charge in [-0.25, -0.2) is 18.3 Å². The maximum atomic E-state index is 13.8. The van der Waals surface area contributed by atoms with Crippen molar-refractivity contribution in [1.82, 2.24) is 19.5 Å². The molecule has 3 aromatic rings. The Hall–Kier alpha value is -3.03. The van der Waals surface area contributed by atoms with Crippen LogP contribution < -0.4 is 4.90 Å². The molecule has 4 rings (SSSR count). The molecule has 1 fully saturated rings. The number of benzene rings is 1. The molecule has 128 valence electrons. The Bertz CT molecular complexity index is 942. The van der Waals surface area contributed by atoms with Crippen LogP contribution >= 0.6 is 0 Å². The molecule has 0 atom stereocenters. The quantitative estimate of drug-likeness (QED) is 0.728. The van der Waals surface area contributed by atoms with Gasteiger partial charge in [0.1, 0.15) is 17.2 Å². The van der Waals surface area contributed by atoms with Gasteiger partial charge in [-0.1, -0.05) is 0 Å². The van der Waals surface area contributed by atoms with Gasteiger partial charge in [0.05, 0.1) is 12.7 Å². The zero-order valence-electron chi connectivity index (χ0n) is 13.3. The van der Waals surface area contributed by atoms with E-state index in [1.54, 1.807) is 23.1 Å². The molecule has 6 nitrogen and oxygen atoms in total. The zero-order valence-corrected chi connectivity index (χ0v) is 13.3. The topological polar surface area (TPSA) is 53.7 Å². The number of rotatable bonds is 3. The molecule has 3 heterocycles. The van der Waals surface area contributed by atoms with Crippen LogP contribution in [0.4, 0.5) is 14.6 Å². The number of aromatic nitrogens is 3. The Balaban J connectivity index is 1.52. The van der Waals surface area contributed by atoms with Gasteiger partial charge in [0, 0.05) is 37.6 Å². The van der Waals surface area contributed by atoms with Gasteiger partial charge in [0.15, 0.2) is 5.82 Å². The summed E-state index contributed by atoms with van der Waals surface area (Å²) in [4.78, 5) is 20.2. The van der Waals surface area contributed by atoms with E-state index in [0.717, 1.165) is 23.7 Å². The van der Waals surface area contributed by atoms with Gasteiger partial charge >= 0.3 is 0 Å². The van der Waals surface area contributed by atoms with E-state index in [0.29, 0.717) is 18.9 Å². The Morgan fingerprint density at radius 2 is 2.00 bits per heavy atom. The van der Waals surface area contributed by atoms with Gasteiger partial charge in [-0.3, -0.25) is 4.79 Å². The summed E-state index contributed by atoms with van der Waals surface area (Å²) < 4.78 is 28.8. The monoisotopic (exact) mass is 343 g/mol. The smallest absolute Gasteiger partial charge is 0.242 e. The van der Waals surface area contributed by atoms with Crippen molar-refractivity contribution in [3.63, 3.8) is 0 Å². The van der Waals surface area contributed by atoms with Crippen molar-refractivity contribution in [3.8, 4) is 0 Å². The molecule has 0 saturated carbocycles. The summed E-state index contributed by atoms with van der Waals surface area (Å²) in [5.74, 6) is -0.496. The molecule has 0 spiro atoms. The molecule has 1 aliphatic rings. The minimum Gasteiger partial charge on any atom is -0.344 e. The first kappa shape index (κ1) is 15.5. The predicted molar refractivity (Wildman–Crippen MR) is 87.0 cm³/mol. The number of anilines is 1. The Kier molecular flexibility index (Phi) is 3.79. The first-order valence-corrected chi connectivity index (χ1v) is 7.87. The van der Waals surface area contributed by atoms with Crippen molar-refractivity contribution in [3.05, 3.63) is 60.1 Å². The third-order valence-corrected chi connectivity index (χ3v) is 4.29. The molecule has 1 aliphatic heterocycles. The maximum Gasteiger partial charge on any atom is 0.242 e. The molecule has 0 aliphatic carbocycles. The van der Waals surface area contributed by atoms with Crippen LogP contribution in [-0.4, -0.2) is 45.0 Å². The van der Waals surface area contributed by atoms with E-state index in [2.05, 4.69) is 10.1 Å². The number of amides is 1. The molecule has 0 unspecified atom stereocenters. The number of nitrogens with zero attached hydrogens (tertiary/aromatic N) is 5. The van der Waals surface area contributed by atoms with Crippen LogP contribution in [0.15, 0.2) is 42.9 Å². The van der Waals surface area contributed by atoms with E-state index in [4.69, 9.17) is 0 Å².